The molecular formula is C13H20N4. The third-order valence-corrected chi connectivity index (χ3v) is 3.76. The molecule has 0 bridgehead atoms. The van der Waals surface area contributed by atoms with Crippen molar-refractivity contribution in [3.8, 4) is 0 Å². The van der Waals surface area contributed by atoms with Gasteiger partial charge in [0.2, 0.25) is 5.95 Å². The van der Waals surface area contributed by atoms with Crippen LogP contribution in [0.4, 0.5) is 11.8 Å². The van der Waals surface area contributed by atoms with E-state index in [0.717, 1.165) is 24.9 Å². The quantitative estimate of drug-likeness (QED) is 0.869. The summed E-state index contributed by atoms with van der Waals surface area (Å²) < 4.78 is 0. The molecule has 1 aromatic heterocycles. The van der Waals surface area contributed by atoms with Gasteiger partial charge in [0.1, 0.15) is 5.82 Å². The third-order valence-electron chi connectivity index (χ3n) is 3.76. The lowest BCUT2D eigenvalue weighted by molar-refractivity contribution is 0.743. The predicted molar refractivity (Wildman–Crippen MR) is 69.4 cm³/mol. The Labute approximate surface area is 102 Å². The van der Waals surface area contributed by atoms with E-state index in [1.54, 1.807) is 0 Å². The molecule has 92 valence electrons. The maximum absolute atomic E-state index is 4.62. The highest BCUT2D eigenvalue weighted by Gasteiger charge is 2.17. The zero-order valence-corrected chi connectivity index (χ0v) is 10.2. The summed E-state index contributed by atoms with van der Waals surface area (Å²) in [6, 6.07) is 2.61. The summed E-state index contributed by atoms with van der Waals surface area (Å²) in [5, 5.41) is 3.46. The second kappa shape index (κ2) is 4.90. The normalized spacial score (nSPS) is 21.1. The van der Waals surface area contributed by atoms with Gasteiger partial charge in [-0.1, -0.05) is 12.8 Å². The van der Waals surface area contributed by atoms with Gasteiger partial charge in [-0.15, -0.1) is 0 Å². The molecule has 4 nitrogen and oxygen atoms in total. The van der Waals surface area contributed by atoms with E-state index in [1.165, 1.54) is 38.5 Å². The lowest BCUT2D eigenvalue weighted by atomic mass is 10.2. The molecule has 2 fully saturated rings. The van der Waals surface area contributed by atoms with Crippen LogP contribution in [0.3, 0.4) is 0 Å². The minimum Gasteiger partial charge on any atom is -0.356 e. The largest absolute Gasteiger partial charge is 0.356 e. The highest BCUT2D eigenvalue weighted by atomic mass is 15.2. The Kier molecular flexibility index (Phi) is 3.12. The average Bonchev–Trinajstić information content (AvgIpc) is 3.01. The van der Waals surface area contributed by atoms with E-state index in [-0.39, 0.29) is 0 Å². The van der Waals surface area contributed by atoms with Gasteiger partial charge in [-0.2, -0.15) is 4.98 Å². The van der Waals surface area contributed by atoms with Gasteiger partial charge in [0, 0.05) is 25.3 Å². The van der Waals surface area contributed by atoms with Crippen molar-refractivity contribution in [2.24, 2.45) is 0 Å². The van der Waals surface area contributed by atoms with E-state index >= 15 is 0 Å². The van der Waals surface area contributed by atoms with E-state index in [0.29, 0.717) is 6.04 Å². The Hall–Kier alpha value is -1.32. The van der Waals surface area contributed by atoms with E-state index in [2.05, 4.69) is 20.2 Å². The molecule has 1 saturated heterocycles. The number of nitrogens with one attached hydrogen (secondary N) is 1. The molecule has 1 saturated carbocycles. The molecule has 0 atom stereocenters. The highest BCUT2D eigenvalue weighted by Crippen LogP contribution is 2.22. The fraction of sp³-hybridized carbons (Fsp3) is 0.692. The fourth-order valence-electron chi connectivity index (χ4n) is 2.79. The number of hydrogen-bond acceptors (Lipinski definition) is 4. The van der Waals surface area contributed by atoms with Crippen molar-refractivity contribution < 1.29 is 0 Å². The summed E-state index contributed by atoms with van der Waals surface area (Å²) in [6.45, 7) is 2.28. The molecule has 17 heavy (non-hydrogen) atoms. The van der Waals surface area contributed by atoms with Gasteiger partial charge in [-0.05, 0) is 31.7 Å². The van der Waals surface area contributed by atoms with Crippen molar-refractivity contribution in [1.82, 2.24) is 9.97 Å². The number of anilines is 2. The number of aromatic nitrogens is 2. The second-order valence-electron chi connectivity index (χ2n) is 5.06. The number of rotatable bonds is 3. The first-order chi connectivity index (χ1) is 8.42. The first-order valence-corrected chi connectivity index (χ1v) is 6.76. The van der Waals surface area contributed by atoms with Crippen molar-refractivity contribution in [1.29, 1.82) is 0 Å². The summed E-state index contributed by atoms with van der Waals surface area (Å²) >= 11 is 0. The molecule has 4 heteroatoms. The van der Waals surface area contributed by atoms with Crippen LogP contribution in [0.1, 0.15) is 38.5 Å². The molecule has 1 aliphatic carbocycles. The summed E-state index contributed by atoms with van der Waals surface area (Å²) in [6.07, 6.45) is 9.64. The van der Waals surface area contributed by atoms with Gasteiger partial charge in [0.15, 0.2) is 0 Å². The lowest BCUT2D eigenvalue weighted by Gasteiger charge is -2.18. The first-order valence-electron chi connectivity index (χ1n) is 6.76. The van der Waals surface area contributed by atoms with E-state index in [9.17, 15) is 0 Å². The Morgan fingerprint density at radius 2 is 1.88 bits per heavy atom. The van der Waals surface area contributed by atoms with E-state index < -0.39 is 0 Å². The van der Waals surface area contributed by atoms with Gasteiger partial charge in [0.25, 0.3) is 0 Å². The van der Waals surface area contributed by atoms with Crippen LogP contribution >= 0.6 is 0 Å². The topological polar surface area (TPSA) is 41.1 Å². The van der Waals surface area contributed by atoms with Crippen molar-refractivity contribution in [2.45, 2.75) is 44.6 Å². The first kappa shape index (κ1) is 10.8. The van der Waals surface area contributed by atoms with Crippen molar-refractivity contribution in [3.63, 3.8) is 0 Å². The van der Waals surface area contributed by atoms with Gasteiger partial charge < -0.3 is 10.2 Å². The van der Waals surface area contributed by atoms with Gasteiger partial charge in [-0.3, -0.25) is 0 Å². The zero-order valence-electron chi connectivity index (χ0n) is 10.2. The average molecular weight is 232 g/mol. The summed E-state index contributed by atoms with van der Waals surface area (Å²) in [5.74, 6) is 1.89. The highest BCUT2D eigenvalue weighted by molar-refractivity contribution is 5.43. The molecule has 1 aliphatic heterocycles. The van der Waals surface area contributed by atoms with Crippen molar-refractivity contribution >= 4 is 11.8 Å². The van der Waals surface area contributed by atoms with Gasteiger partial charge in [0.05, 0.1) is 0 Å². The SMILES string of the molecule is c1cc(N2CCCC2)nc(NC2CCCC2)n1. The van der Waals surface area contributed by atoms with Gasteiger partial charge >= 0.3 is 0 Å². The number of nitrogens with zero attached hydrogens (tertiary/aromatic N) is 3. The monoisotopic (exact) mass is 232 g/mol. The molecule has 0 spiro atoms. The Morgan fingerprint density at radius 3 is 2.65 bits per heavy atom. The Morgan fingerprint density at radius 1 is 1.12 bits per heavy atom. The molecule has 2 aliphatic rings. The zero-order chi connectivity index (χ0) is 11.5. The standard InChI is InChI=1S/C13H20N4/c1-2-6-11(5-1)15-13-14-8-7-12(16-13)17-9-3-4-10-17/h7-8,11H,1-6,9-10H2,(H,14,15,16). The van der Waals surface area contributed by atoms with Crippen LogP contribution in [0.25, 0.3) is 0 Å². The Balaban J connectivity index is 1.69. The molecule has 3 rings (SSSR count). The van der Waals surface area contributed by atoms with Crippen molar-refractivity contribution in [2.75, 3.05) is 23.3 Å². The molecule has 0 radical (unpaired) electrons. The summed E-state index contributed by atoms with van der Waals surface area (Å²) in [5.41, 5.74) is 0. The number of hydrogen-bond donors (Lipinski definition) is 1. The lowest BCUT2D eigenvalue weighted by Crippen LogP contribution is -2.21. The van der Waals surface area contributed by atoms with Crippen molar-refractivity contribution in [3.05, 3.63) is 12.3 Å². The van der Waals surface area contributed by atoms with Crippen LogP contribution in [0.5, 0.6) is 0 Å². The minimum atomic E-state index is 0.587. The molecular weight excluding hydrogens is 212 g/mol. The predicted octanol–water partition coefficient (Wildman–Crippen LogP) is 2.43. The van der Waals surface area contributed by atoms with Crippen LogP contribution in [0, 0.1) is 0 Å². The van der Waals surface area contributed by atoms with Crippen LogP contribution in [0.15, 0.2) is 12.3 Å². The van der Waals surface area contributed by atoms with E-state index in [4.69, 9.17) is 0 Å². The van der Waals surface area contributed by atoms with Gasteiger partial charge in [-0.25, -0.2) is 4.98 Å². The maximum Gasteiger partial charge on any atom is 0.224 e. The minimum absolute atomic E-state index is 0.587. The molecule has 0 unspecified atom stereocenters. The maximum atomic E-state index is 4.62. The summed E-state index contributed by atoms with van der Waals surface area (Å²) in [7, 11) is 0. The van der Waals surface area contributed by atoms with Crippen LogP contribution in [-0.2, 0) is 0 Å². The van der Waals surface area contributed by atoms with E-state index in [1.807, 2.05) is 12.3 Å². The van der Waals surface area contributed by atoms with Crippen LogP contribution < -0.4 is 10.2 Å². The Bertz CT molecular complexity index is 367. The molecule has 1 aromatic rings. The second-order valence-corrected chi connectivity index (χ2v) is 5.06. The fourth-order valence-corrected chi connectivity index (χ4v) is 2.79. The molecule has 1 N–H and O–H groups in total. The summed E-state index contributed by atoms with van der Waals surface area (Å²) in [4.78, 5) is 11.3. The molecule has 2 heterocycles. The van der Waals surface area contributed by atoms with Crippen LogP contribution in [-0.4, -0.2) is 29.1 Å². The third kappa shape index (κ3) is 2.51. The smallest absolute Gasteiger partial charge is 0.224 e. The van der Waals surface area contributed by atoms with Crippen LogP contribution in [0.2, 0.25) is 0 Å². The molecule has 0 amide bonds. The molecule has 0 aromatic carbocycles.